The third kappa shape index (κ3) is 2.52. The molecule has 4 heteroatoms. The lowest BCUT2D eigenvalue weighted by molar-refractivity contribution is -0.136. The molecule has 0 bridgehead atoms. The minimum absolute atomic E-state index is 0.158. The molecule has 0 unspecified atom stereocenters. The summed E-state index contributed by atoms with van der Waals surface area (Å²) in [7, 11) is 0. The van der Waals surface area contributed by atoms with Gasteiger partial charge in [-0.1, -0.05) is 18.2 Å². The topological polar surface area (TPSA) is 49.8 Å². The molecule has 0 aromatic heterocycles. The van der Waals surface area contributed by atoms with Gasteiger partial charge in [0.2, 0.25) is 0 Å². The smallest absolute Gasteiger partial charge is 0.305 e. The molecule has 1 saturated heterocycles. The molecular weight excluding hydrogens is 206 g/mol. The lowest BCUT2D eigenvalue weighted by Crippen LogP contribution is -2.50. The molecular formula is C12H15NO3. The first kappa shape index (κ1) is 11.0. The summed E-state index contributed by atoms with van der Waals surface area (Å²) >= 11 is 0. The second kappa shape index (κ2) is 4.99. The number of ether oxygens (including phenoxy) is 1. The zero-order valence-corrected chi connectivity index (χ0v) is 9.00. The fourth-order valence-corrected chi connectivity index (χ4v) is 1.76. The van der Waals surface area contributed by atoms with Crippen molar-refractivity contribution in [3.05, 3.63) is 30.3 Å². The van der Waals surface area contributed by atoms with Gasteiger partial charge in [-0.15, -0.1) is 0 Å². The van der Waals surface area contributed by atoms with E-state index in [2.05, 4.69) is 4.90 Å². The second-order valence-corrected chi connectivity index (χ2v) is 3.86. The van der Waals surface area contributed by atoms with Gasteiger partial charge in [0.25, 0.3) is 0 Å². The quantitative estimate of drug-likeness (QED) is 0.815. The van der Waals surface area contributed by atoms with Crippen molar-refractivity contribution in [1.29, 1.82) is 0 Å². The highest BCUT2D eigenvalue weighted by Crippen LogP contribution is 2.20. The van der Waals surface area contributed by atoms with Gasteiger partial charge in [0, 0.05) is 12.2 Å². The molecule has 1 N–H and O–H groups in total. The summed E-state index contributed by atoms with van der Waals surface area (Å²) < 4.78 is 5.16. The largest absolute Gasteiger partial charge is 0.481 e. The Balaban J connectivity index is 2.05. The van der Waals surface area contributed by atoms with Crippen LogP contribution in [0.5, 0.6) is 0 Å². The van der Waals surface area contributed by atoms with Crippen molar-refractivity contribution >= 4 is 11.7 Å². The summed E-state index contributed by atoms with van der Waals surface area (Å²) in [4.78, 5) is 12.7. The van der Waals surface area contributed by atoms with Crippen molar-refractivity contribution in [3.8, 4) is 0 Å². The van der Waals surface area contributed by atoms with Crippen LogP contribution in [0.4, 0.5) is 5.69 Å². The molecule has 1 aromatic carbocycles. The van der Waals surface area contributed by atoms with Crippen molar-refractivity contribution in [2.45, 2.75) is 12.5 Å². The molecule has 0 spiro atoms. The Morgan fingerprint density at radius 2 is 2.06 bits per heavy atom. The van der Waals surface area contributed by atoms with E-state index in [1.54, 1.807) is 0 Å². The predicted molar refractivity (Wildman–Crippen MR) is 60.6 cm³/mol. The molecule has 1 fully saturated rings. The van der Waals surface area contributed by atoms with Crippen molar-refractivity contribution < 1.29 is 14.6 Å². The predicted octanol–water partition coefficient (Wildman–Crippen LogP) is 1.37. The Hall–Kier alpha value is -1.55. The van der Waals surface area contributed by atoms with Crippen LogP contribution in [-0.4, -0.2) is 36.9 Å². The van der Waals surface area contributed by atoms with E-state index in [4.69, 9.17) is 9.84 Å². The van der Waals surface area contributed by atoms with Gasteiger partial charge >= 0.3 is 5.97 Å². The van der Waals surface area contributed by atoms with Crippen LogP contribution in [0.3, 0.4) is 0 Å². The number of aliphatic carboxylic acids is 1. The molecule has 2 rings (SSSR count). The van der Waals surface area contributed by atoms with Crippen LogP contribution in [0.1, 0.15) is 6.42 Å². The van der Waals surface area contributed by atoms with Crippen LogP contribution in [0, 0.1) is 0 Å². The van der Waals surface area contributed by atoms with Gasteiger partial charge in [-0.05, 0) is 12.1 Å². The van der Waals surface area contributed by atoms with Crippen LogP contribution < -0.4 is 4.90 Å². The molecule has 1 heterocycles. The Labute approximate surface area is 94.4 Å². The molecule has 0 amide bonds. The van der Waals surface area contributed by atoms with E-state index in [0.29, 0.717) is 25.8 Å². The van der Waals surface area contributed by atoms with Crippen molar-refractivity contribution in [2.75, 3.05) is 24.7 Å². The summed E-state index contributed by atoms with van der Waals surface area (Å²) in [6.45, 7) is 1.91. The fourth-order valence-electron chi connectivity index (χ4n) is 1.76. The third-order valence-electron chi connectivity index (χ3n) is 2.72. The van der Waals surface area contributed by atoms with Crippen molar-refractivity contribution in [2.24, 2.45) is 0 Å². The van der Waals surface area contributed by atoms with Gasteiger partial charge in [-0.3, -0.25) is 4.79 Å². The highest BCUT2D eigenvalue weighted by Gasteiger charge is 2.26. The van der Waals surface area contributed by atoms with Crippen LogP contribution in [0.15, 0.2) is 30.3 Å². The first-order valence-electron chi connectivity index (χ1n) is 5.38. The van der Waals surface area contributed by atoms with E-state index in [0.717, 1.165) is 5.69 Å². The van der Waals surface area contributed by atoms with E-state index in [1.165, 1.54) is 0 Å². The van der Waals surface area contributed by atoms with Gasteiger partial charge in [0.1, 0.15) is 0 Å². The molecule has 1 aliphatic rings. The van der Waals surface area contributed by atoms with Crippen LogP contribution >= 0.6 is 0 Å². The average Bonchev–Trinajstić information content (AvgIpc) is 2.22. The normalized spacial score (nSPS) is 15.5. The van der Waals surface area contributed by atoms with Crippen LogP contribution in [-0.2, 0) is 9.53 Å². The molecule has 16 heavy (non-hydrogen) atoms. The maximum atomic E-state index is 10.6. The number of rotatable bonds is 5. The van der Waals surface area contributed by atoms with E-state index < -0.39 is 5.97 Å². The molecule has 86 valence electrons. The number of carboxylic acid groups (broad SMARTS) is 1. The third-order valence-corrected chi connectivity index (χ3v) is 2.72. The van der Waals surface area contributed by atoms with Gasteiger partial charge in [-0.25, -0.2) is 0 Å². The summed E-state index contributed by atoms with van der Waals surface area (Å²) in [5, 5.41) is 8.72. The van der Waals surface area contributed by atoms with Gasteiger partial charge in [-0.2, -0.15) is 0 Å². The molecule has 1 aromatic rings. The molecule has 1 aliphatic heterocycles. The van der Waals surface area contributed by atoms with Crippen molar-refractivity contribution in [1.82, 2.24) is 0 Å². The maximum absolute atomic E-state index is 10.6. The lowest BCUT2D eigenvalue weighted by atomic mass is 10.1. The second-order valence-electron chi connectivity index (χ2n) is 3.86. The summed E-state index contributed by atoms with van der Waals surface area (Å²) in [5.41, 5.74) is 1.07. The standard InChI is InChI=1S/C12H15NO3/c14-12(15)6-7-13(11-8-16-9-11)10-4-2-1-3-5-10/h1-5,11H,6-9H2,(H,14,15). The number of carboxylic acids is 1. The first-order valence-corrected chi connectivity index (χ1v) is 5.38. The monoisotopic (exact) mass is 221 g/mol. The van der Waals surface area contributed by atoms with Crippen LogP contribution in [0.2, 0.25) is 0 Å². The summed E-state index contributed by atoms with van der Waals surface area (Å²) in [6, 6.07) is 10.2. The van der Waals surface area contributed by atoms with Gasteiger partial charge in [0.05, 0.1) is 25.7 Å². The van der Waals surface area contributed by atoms with Crippen LogP contribution in [0.25, 0.3) is 0 Å². The molecule has 0 saturated carbocycles. The van der Waals surface area contributed by atoms with E-state index >= 15 is 0 Å². The fraction of sp³-hybridized carbons (Fsp3) is 0.417. The van der Waals surface area contributed by atoms with E-state index in [1.807, 2.05) is 30.3 Å². The minimum atomic E-state index is -0.763. The molecule has 0 atom stereocenters. The summed E-state index contributed by atoms with van der Waals surface area (Å²) in [5.74, 6) is -0.763. The SMILES string of the molecule is O=C(O)CCN(c1ccccc1)C1COC1. The van der Waals surface area contributed by atoms with E-state index in [-0.39, 0.29) is 6.42 Å². The highest BCUT2D eigenvalue weighted by atomic mass is 16.5. The number of hydrogen-bond acceptors (Lipinski definition) is 3. The van der Waals surface area contributed by atoms with Crippen molar-refractivity contribution in [3.63, 3.8) is 0 Å². The Morgan fingerprint density at radius 1 is 1.38 bits per heavy atom. The molecule has 0 radical (unpaired) electrons. The number of hydrogen-bond donors (Lipinski definition) is 1. The minimum Gasteiger partial charge on any atom is -0.481 e. The Bertz CT molecular complexity index is 349. The zero-order valence-electron chi connectivity index (χ0n) is 9.00. The number of benzene rings is 1. The van der Waals surface area contributed by atoms with Gasteiger partial charge < -0.3 is 14.7 Å². The number of nitrogens with zero attached hydrogens (tertiary/aromatic N) is 1. The first-order chi connectivity index (χ1) is 7.77. The Kier molecular flexibility index (Phi) is 3.41. The number of carbonyl (C=O) groups is 1. The maximum Gasteiger partial charge on any atom is 0.305 e. The number of anilines is 1. The highest BCUT2D eigenvalue weighted by molar-refractivity contribution is 5.67. The summed E-state index contributed by atoms with van der Waals surface area (Å²) in [6.07, 6.45) is 0.158. The lowest BCUT2D eigenvalue weighted by Gasteiger charge is -2.38. The molecule has 0 aliphatic carbocycles. The number of para-hydroxylation sites is 1. The Morgan fingerprint density at radius 3 is 2.56 bits per heavy atom. The average molecular weight is 221 g/mol. The zero-order chi connectivity index (χ0) is 11.4. The van der Waals surface area contributed by atoms with Gasteiger partial charge in [0.15, 0.2) is 0 Å². The van der Waals surface area contributed by atoms with E-state index in [9.17, 15) is 4.79 Å². The molecule has 4 nitrogen and oxygen atoms in total.